The molecule has 28 heavy (non-hydrogen) atoms. The molecule has 10 heteroatoms. The normalized spacial score (nSPS) is 14.5. The molecular weight excluding hydrogens is 364 g/mol. The van der Waals surface area contributed by atoms with Crippen LogP contribution < -0.4 is 9.47 Å². The van der Waals surface area contributed by atoms with Crippen molar-refractivity contribution in [2.75, 3.05) is 13.2 Å². The van der Waals surface area contributed by atoms with Crippen LogP contribution in [0, 0.1) is 0 Å². The molecule has 0 bridgehead atoms. The van der Waals surface area contributed by atoms with Crippen molar-refractivity contribution < 1.29 is 19.7 Å². The zero-order chi connectivity index (χ0) is 20.2. The number of hydrogen-bond acceptors (Lipinski definition) is 6. The van der Waals surface area contributed by atoms with Gasteiger partial charge in [0.1, 0.15) is 11.5 Å². The second kappa shape index (κ2) is 11.3. The third-order valence-electron chi connectivity index (χ3n) is 3.87. The molecule has 2 N–H and O–H groups in total. The van der Waals surface area contributed by atoms with E-state index in [1.54, 1.807) is 48.5 Å². The van der Waals surface area contributed by atoms with Gasteiger partial charge in [0, 0.05) is 9.82 Å². The third-order valence-corrected chi connectivity index (χ3v) is 3.87. The predicted molar refractivity (Wildman–Crippen MR) is 102 cm³/mol. The van der Waals surface area contributed by atoms with Crippen molar-refractivity contribution in [2.24, 2.45) is 10.2 Å². The van der Waals surface area contributed by atoms with E-state index in [2.05, 4.69) is 20.1 Å². The average molecular weight is 384 g/mol. The number of benzene rings is 2. The Morgan fingerprint density at radius 3 is 1.39 bits per heavy atom. The number of aliphatic hydroxyl groups is 2. The fourth-order valence-electron chi connectivity index (χ4n) is 2.38. The van der Waals surface area contributed by atoms with Crippen LogP contribution in [-0.4, -0.2) is 47.7 Å². The zero-order valence-electron chi connectivity index (χ0n) is 14.9. The summed E-state index contributed by atoms with van der Waals surface area (Å²) in [4.78, 5) is 5.38. The quantitative estimate of drug-likeness (QED) is 0.346. The molecule has 0 spiro atoms. The summed E-state index contributed by atoms with van der Waals surface area (Å²) in [6.45, 7) is -0.344. The first-order valence-corrected chi connectivity index (χ1v) is 8.46. The first-order chi connectivity index (χ1) is 13.7. The molecule has 4 atom stereocenters. The van der Waals surface area contributed by atoms with Crippen LogP contribution in [0.2, 0.25) is 0 Å². The van der Waals surface area contributed by atoms with E-state index in [4.69, 9.17) is 20.5 Å². The molecule has 10 nitrogen and oxygen atoms in total. The number of ether oxygens (including phenoxy) is 2. The molecule has 0 amide bonds. The topological polar surface area (TPSA) is 156 Å². The van der Waals surface area contributed by atoms with Gasteiger partial charge in [0.25, 0.3) is 0 Å². The van der Waals surface area contributed by atoms with Crippen LogP contribution in [0.1, 0.15) is 0 Å². The molecule has 0 aliphatic heterocycles. The van der Waals surface area contributed by atoms with Gasteiger partial charge in [-0.25, -0.2) is 0 Å². The number of rotatable bonds is 11. The first-order valence-electron chi connectivity index (χ1n) is 8.46. The second-order valence-electron chi connectivity index (χ2n) is 5.77. The number of nitrogens with zero attached hydrogens (tertiary/aromatic N) is 6. The van der Waals surface area contributed by atoms with Gasteiger partial charge in [-0.1, -0.05) is 46.6 Å². The van der Waals surface area contributed by atoms with Crippen molar-refractivity contribution >= 4 is 0 Å². The number of hydrogen-bond donors (Lipinski definition) is 2. The van der Waals surface area contributed by atoms with Crippen molar-refractivity contribution in [3.63, 3.8) is 0 Å². The van der Waals surface area contributed by atoms with Crippen molar-refractivity contribution in [2.45, 2.75) is 24.3 Å². The molecule has 0 saturated heterocycles. The van der Waals surface area contributed by atoms with Gasteiger partial charge >= 0.3 is 0 Å². The second-order valence-corrected chi connectivity index (χ2v) is 5.77. The van der Waals surface area contributed by atoms with Crippen molar-refractivity contribution in [3.05, 3.63) is 81.5 Å². The Labute approximate surface area is 161 Å². The SMILES string of the molecule is [N-]=[N+]=N[C@H](COc1ccccc1)[C@@H](O)[C@H](O)[C@@H](COc1ccccc1)N=[N+]=[N-]. The lowest BCUT2D eigenvalue weighted by Gasteiger charge is -2.27. The monoisotopic (exact) mass is 384 g/mol. The Hall–Kier alpha value is -3.42. The minimum atomic E-state index is -1.53. The van der Waals surface area contributed by atoms with Crippen LogP contribution in [0.25, 0.3) is 20.9 Å². The van der Waals surface area contributed by atoms with Gasteiger partial charge in [0.15, 0.2) is 0 Å². The van der Waals surface area contributed by atoms with Gasteiger partial charge in [-0.15, -0.1) is 0 Å². The van der Waals surface area contributed by atoms with E-state index in [1.165, 1.54) is 0 Å². The van der Waals surface area contributed by atoms with Gasteiger partial charge in [0.05, 0.1) is 37.5 Å². The van der Waals surface area contributed by atoms with Crippen molar-refractivity contribution in [1.82, 2.24) is 0 Å². The highest BCUT2D eigenvalue weighted by Crippen LogP contribution is 2.16. The van der Waals surface area contributed by atoms with Crippen LogP contribution in [0.3, 0.4) is 0 Å². The van der Waals surface area contributed by atoms with E-state index < -0.39 is 24.3 Å². The lowest BCUT2D eigenvalue weighted by atomic mass is 10.0. The zero-order valence-corrected chi connectivity index (χ0v) is 14.9. The molecule has 0 aliphatic carbocycles. The van der Waals surface area contributed by atoms with Gasteiger partial charge in [0.2, 0.25) is 0 Å². The minimum Gasteiger partial charge on any atom is -0.493 e. The highest BCUT2D eigenvalue weighted by atomic mass is 16.5. The fraction of sp³-hybridized carbons (Fsp3) is 0.333. The molecule has 2 aromatic carbocycles. The first kappa shape index (κ1) is 20.9. The minimum absolute atomic E-state index is 0.172. The van der Waals surface area contributed by atoms with Crippen molar-refractivity contribution in [1.29, 1.82) is 0 Å². The van der Waals surface area contributed by atoms with E-state index in [0.29, 0.717) is 11.5 Å². The summed E-state index contributed by atoms with van der Waals surface area (Å²) in [6, 6.07) is 15.3. The van der Waals surface area contributed by atoms with E-state index in [9.17, 15) is 10.2 Å². The third kappa shape index (κ3) is 6.39. The Morgan fingerprint density at radius 2 is 1.07 bits per heavy atom. The maximum absolute atomic E-state index is 10.4. The Balaban J connectivity index is 2.03. The summed E-state index contributed by atoms with van der Waals surface area (Å²) in [5.74, 6) is 1.03. The highest BCUT2D eigenvalue weighted by Gasteiger charge is 2.32. The fourth-order valence-corrected chi connectivity index (χ4v) is 2.38. The summed E-state index contributed by atoms with van der Waals surface area (Å²) in [6.07, 6.45) is -3.07. The van der Waals surface area contributed by atoms with Gasteiger partial charge < -0.3 is 19.7 Å². The smallest absolute Gasteiger partial charge is 0.119 e. The Kier molecular flexibility index (Phi) is 8.45. The highest BCUT2D eigenvalue weighted by molar-refractivity contribution is 5.21. The molecule has 0 aromatic heterocycles. The maximum Gasteiger partial charge on any atom is 0.119 e. The molecule has 0 aliphatic rings. The summed E-state index contributed by atoms with van der Waals surface area (Å²) in [7, 11) is 0. The van der Waals surface area contributed by atoms with Crippen LogP contribution in [0.15, 0.2) is 70.9 Å². The Morgan fingerprint density at radius 1 is 0.714 bits per heavy atom. The van der Waals surface area contributed by atoms with Gasteiger partial charge in [-0.05, 0) is 35.3 Å². The van der Waals surface area contributed by atoms with Crippen LogP contribution in [-0.2, 0) is 0 Å². The summed E-state index contributed by atoms with van der Waals surface area (Å²) in [5.41, 5.74) is 17.5. The Bertz CT molecular complexity index is 740. The number of aliphatic hydroxyl groups excluding tert-OH is 2. The summed E-state index contributed by atoms with van der Waals surface area (Å²) >= 11 is 0. The van der Waals surface area contributed by atoms with Crippen molar-refractivity contribution in [3.8, 4) is 11.5 Å². The molecule has 0 heterocycles. The molecule has 2 aromatic rings. The number of azide groups is 2. The van der Waals surface area contributed by atoms with E-state index in [-0.39, 0.29) is 13.2 Å². The van der Waals surface area contributed by atoms with Crippen LogP contribution in [0.4, 0.5) is 0 Å². The largest absolute Gasteiger partial charge is 0.493 e. The molecule has 0 saturated carbocycles. The molecule has 0 unspecified atom stereocenters. The standard InChI is InChI=1S/C18H20N6O4/c19-23-21-15(11-27-13-7-3-1-4-8-13)17(25)18(26)16(22-24-20)12-28-14-9-5-2-6-10-14/h1-10,15-18,25-26H,11-12H2/t15-,16-,17-,18-/m1/s1. The molecule has 2 rings (SSSR count). The lowest BCUT2D eigenvalue weighted by Crippen LogP contribution is -2.46. The maximum atomic E-state index is 10.4. The van der Waals surface area contributed by atoms with E-state index in [0.717, 1.165) is 0 Å². The summed E-state index contributed by atoms with van der Waals surface area (Å²) < 4.78 is 11.0. The lowest BCUT2D eigenvalue weighted by molar-refractivity contribution is -0.0244. The van der Waals surface area contributed by atoms with Gasteiger partial charge in [-0.3, -0.25) is 0 Å². The van der Waals surface area contributed by atoms with E-state index in [1.807, 2.05) is 12.1 Å². The van der Waals surface area contributed by atoms with Crippen LogP contribution >= 0.6 is 0 Å². The average Bonchev–Trinajstić information content (AvgIpc) is 2.74. The van der Waals surface area contributed by atoms with Gasteiger partial charge in [-0.2, -0.15) is 0 Å². The molecular formula is C18H20N6O4. The summed E-state index contributed by atoms with van der Waals surface area (Å²) in [5, 5.41) is 27.9. The van der Waals surface area contributed by atoms with E-state index >= 15 is 0 Å². The van der Waals surface area contributed by atoms with Crippen LogP contribution in [0.5, 0.6) is 11.5 Å². The number of para-hydroxylation sites is 2. The molecule has 146 valence electrons. The predicted octanol–water partition coefficient (Wildman–Crippen LogP) is 3.22. The molecule has 0 fully saturated rings. The molecule has 0 radical (unpaired) electrons.